The first kappa shape index (κ1) is 47.1. The third kappa shape index (κ3) is 13.7. The van der Waals surface area contributed by atoms with E-state index in [1.165, 1.54) is 66.1 Å². The van der Waals surface area contributed by atoms with Gasteiger partial charge in [-0.05, 0) is 67.9 Å². The molecule has 0 fully saturated rings. The van der Waals surface area contributed by atoms with Gasteiger partial charge in [0.25, 0.3) is 0 Å². The second-order valence-electron chi connectivity index (χ2n) is 18.3. The van der Waals surface area contributed by atoms with Gasteiger partial charge in [0.2, 0.25) is 0 Å². The van der Waals surface area contributed by atoms with Gasteiger partial charge in [-0.2, -0.15) is 24.3 Å². The van der Waals surface area contributed by atoms with Crippen LogP contribution in [0.25, 0.3) is 43.8 Å². The summed E-state index contributed by atoms with van der Waals surface area (Å²) in [5.41, 5.74) is 15.5. The molecular weight excluding hydrogens is 819 g/mol. The van der Waals surface area contributed by atoms with Crippen LogP contribution in [0, 0.1) is 0 Å². The molecule has 0 atom stereocenters. The van der Waals surface area contributed by atoms with Gasteiger partial charge in [-0.15, -0.1) is 69.3 Å². The molecule has 0 nitrogen and oxygen atoms in total. The largest absolute Gasteiger partial charge is 0.103 e. The van der Waals surface area contributed by atoms with Crippen molar-refractivity contribution in [2.75, 3.05) is 0 Å². The van der Waals surface area contributed by atoms with Crippen molar-refractivity contribution in [3.8, 4) is 22.3 Å². The van der Waals surface area contributed by atoms with Crippen molar-refractivity contribution in [1.82, 2.24) is 0 Å². The van der Waals surface area contributed by atoms with E-state index in [9.17, 15) is 0 Å². The van der Waals surface area contributed by atoms with E-state index >= 15 is 0 Å². The Kier molecular flexibility index (Phi) is 17.5. The standard InChI is InChI=1S/2C23H27.C4H6Si2.2ClH.Zr/c2*1-22(2,3)18-13-17(14-19(15-18)23(4,5)6)21-12-8-10-16-9-7-11-20(16)21;5-3-1-2-4-6;;;/h2*7-15H,1-6H3;3-4H,1-2H2;2*1H;/q2*-1;;;;+4/p-2. The predicted molar refractivity (Wildman–Crippen MR) is 249 cm³/mol. The van der Waals surface area contributed by atoms with Gasteiger partial charge < -0.3 is 0 Å². The molecule has 286 valence electrons. The summed E-state index contributed by atoms with van der Waals surface area (Å²) in [5.74, 6) is 0. The summed E-state index contributed by atoms with van der Waals surface area (Å²) in [6.07, 6.45) is 2.20. The quantitative estimate of drug-likeness (QED) is 0.0919. The van der Waals surface area contributed by atoms with Crippen molar-refractivity contribution < 1.29 is 20.8 Å². The molecule has 5 heteroatoms. The number of hydrogen-bond acceptors (Lipinski definition) is 0. The minimum Gasteiger partial charge on any atom is -0.103 e. The average molecular weight is 879 g/mol. The maximum Gasteiger partial charge on any atom is 0.0248 e. The summed E-state index contributed by atoms with van der Waals surface area (Å²) in [6, 6.07) is 40.6. The summed E-state index contributed by atoms with van der Waals surface area (Å²) in [7, 11) is 16.3. The molecule has 0 amide bonds. The molecule has 55 heavy (non-hydrogen) atoms. The van der Waals surface area contributed by atoms with Gasteiger partial charge in [0.1, 0.15) is 0 Å². The molecule has 0 aromatic heterocycles. The summed E-state index contributed by atoms with van der Waals surface area (Å²) < 4.78 is 0. The summed E-state index contributed by atoms with van der Waals surface area (Å²) in [5, 5.41) is 5.33. The molecule has 0 saturated heterocycles. The van der Waals surface area contributed by atoms with E-state index in [4.69, 9.17) is 17.0 Å². The minimum absolute atomic E-state index is 0.149. The Bertz CT molecular complexity index is 1920. The topological polar surface area (TPSA) is 0 Å². The van der Waals surface area contributed by atoms with Gasteiger partial charge in [0, 0.05) is 19.7 Å². The molecule has 0 saturated carbocycles. The van der Waals surface area contributed by atoms with Crippen LogP contribution in [-0.2, 0) is 42.5 Å². The van der Waals surface area contributed by atoms with Crippen LogP contribution in [0.5, 0.6) is 0 Å². The Morgan fingerprint density at radius 3 is 1.04 bits per heavy atom. The molecular formula is C50H60Cl2Si2Zr. The maximum absolute atomic E-state index is 4.93. The normalized spacial score (nSPS) is 11.7. The predicted octanol–water partition coefficient (Wildman–Crippen LogP) is 14.7. The number of fused-ring (bicyclic) bond motifs is 2. The van der Waals surface area contributed by atoms with Crippen LogP contribution in [0.15, 0.2) is 109 Å². The van der Waals surface area contributed by atoms with E-state index in [-0.39, 0.29) is 21.7 Å². The van der Waals surface area contributed by atoms with Gasteiger partial charge in [-0.25, -0.2) is 0 Å². The van der Waals surface area contributed by atoms with Crippen molar-refractivity contribution in [2.24, 2.45) is 0 Å². The van der Waals surface area contributed by atoms with Crippen LogP contribution in [0.3, 0.4) is 0 Å². The molecule has 6 rings (SSSR count). The Balaban J connectivity index is 0.000000243. The molecule has 0 N–H and O–H groups in total. The fourth-order valence-electron chi connectivity index (χ4n) is 6.29. The van der Waals surface area contributed by atoms with Crippen molar-refractivity contribution in [2.45, 2.75) is 118 Å². The fraction of sp³-hybridized carbons (Fsp3) is 0.360. The van der Waals surface area contributed by atoms with Gasteiger partial charge in [0.05, 0.1) is 0 Å². The summed E-state index contributed by atoms with van der Waals surface area (Å²) >= 11 is -0.826. The number of halogens is 2. The van der Waals surface area contributed by atoms with Crippen molar-refractivity contribution >= 4 is 69.6 Å². The number of rotatable bonds is 5. The van der Waals surface area contributed by atoms with E-state index in [2.05, 4.69) is 212 Å². The second-order valence-corrected chi connectivity index (χ2v) is 22.9. The van der Waals surface area contributed by atoms with E-state index in [0.29, 0.717) is 0 Å². The zero-order valence-corrected chi connectivity index (χ0v) is 41.2. The van der Waals surface area contributed by atoms with Crippen molar-refractivity contribution in [1.29, 1.82) is 0 Å². The third-order valence-electron chi connectivity index (χ3n) is 9.76. The van der Waals surface area contributed by atoms with Crippen molar-refractivity contribution in [3.63, 3.8) is 0 Å². The van der Waals surface area contributed by atoms with Crippen LogP contribution >= 0.6 is 17.0 Å². The zero-order chi connectivity index (χ0) is 41.2. The van der Waals surface area contributed by atoms with Crippen LogP contribution in [0.4, 0.5) is 0 Å². The number of benzene rings is 4. The Hall–Kier alpha value is -2.26. The first-order valence-corrected chi connectivity index (χ1v) is 26.7. The summed E-state index contributed by atoms with van der Waals surface area (Å²) in [6.45, 7) is 27.5. The average Bonchev–Trinajstić information content (AvgIpc) is 3.80. The Morgan fingerprint density at radius 1 is 0.491 bits per heavy atom. The van der Waals surface area contributed by atoms with Gasteiger partial charge >= 0.3 is 37.9 Å². The number of hydrogen-bond donors (Lipinski definition) is 0. The first-order valence-electron chi connectivity index (χ1n) is 19.2. The molecule has 0 aliphatic rings. The molecule has 0 unspecified atom stereocenters. The molecule has 0 spiro atoms. The van der Waals surface area contributed by atoms with E-state index in [0.717, 1.165) is 12.8 Å². The molecule has 4 radical (unpaired) electrons. The minimum atomic E-state index is -0.826. The smallest absolute Gasteiger partial charge is 0.0248 e. The van der Waals surface area contributed by atoms with Crippen LogP contribution in [0.1, 0.15) is 118 Å². The second kappa shape index (κ2) is 20.4. The van der Waals surface area contributed by atoms with Gasteiger partial charge in [0.15, 0.2) is 0 Å². The zero-order valence-electron chi connectivity index (χ0n) is 35.2. The van der Waals surface area contributed by atoms with Gasteiger partial charge in [-0.1, -0.05) is 143 Å². The van der Waals surface area contributed by atoms with E-state index in [1.54, 1.807) is 0 Å². The van der Waals surface area contributed by atoms with Crippen LogP contribution in [0.2, 0.25) is 0 Å². The molecule has 6 aromatic rings. The fourth-order valence-corrected chi connectivity index (χ4v) is 6.63. The maximum atomic E-state index is 4.93. The number of unbranched alkanes of at least 4 members (excludes halogenated alkanes) is 1. The van der Waals surface area contributed by atoms with Crippen molar-refractivity contribution in [3.05, 3.63) is 131 Å². The monoisotopic (exact) mass is 876 g/mol. The van der Waals surface area contributed by atoms with Gasteiger partial charge in [-0.3, -0.25) is 0 Å². The first-order chi connectivity index (χ1) is 25.6. The third-order valence-corrected chi connectivity index (χ3v) is 10.3. The Morgan fingerprint density at radius 2 is 0.782 bits per heavy atom. The van der Waals surface area contributed by atoms with Crippen LogP contribution < -0.4 is 0 Å². The molecule has 0 aliphatic heterocycles. The summed E-state index contributed by atoms with van der Waals surface area (Å²) in [4.78, 5) is 0. The molecule has 0 aliphatic carbocycles. The SMILES string of the molecule is CC(C)(C)c1cc(-c2cccc3[cH-]ccc23)cc(C(C)(C)C)c1.CC(C)(C)c1cc(-c2cccc3[cH-]ccc23)cc(C(C)(C)C)c1.[Cl][Zr+2][Cl].[Si]=CCCC=[Si]. The molecule has 0 heterocycles. The van der Waals surface area contributed by atoms with E-state index < -0.39 is 20.8 Å². The Labute approximate surface area is 358 Å². The van der Waals surface area contributed by atoms with E-state index in [1.807, 2.05) is 11.3 Å². The molecule has 0 bridgehead atoms. The molecule has 6 aromatic carbocycles. The van der Waals surface area contributed by atoms with Crippen LogP contribution in [-0.4, -0.2) is 31.1 Å².